The summed E-state index contributed by atoms with van der Waals surface area (Å²) >= 11 is 0.287. The number of azo groups is 1. The van der Waals surface area contributed by atoms with Crippen LogP contribution < -0.4 is 10.1 Å². The van der Waals surface area contributed by atoms with Crippen molar-refractivity contribution in [2.75, 3.05) is 12.4 Å². The quantitative estimate of drug-likeness (QED) is 0.0803. The minimum absolute atomic E-state index is 0.0394. The number of phenolic OH excluding ortho intramolecular Hbond substituents is 1. The van der Waals surface area contributed by atoms with Gasteiger partial charge in [0.15, 0.2) is 5.75 Å². The molecule has 3 rings (SSSR count). The summed E-state index contributed by atoms with van der Waals surface area (Å²) in [4.78, 5) is 10.3. The molecule has 0 radical (unpaired) electrons. The molecule has 0 saturated carbocycles. The summed E-state index contributed by atoms with van der Waals surface area (Å²) in [5, 5.41) is 32.9. The van der Waals surface area contributed by atoms with Crippen LogP contribution in [0.3, 0.4) is 0 Å². The molecular formula is C19H17N3O12S3. The smallest absolute Gasteiger partial charge is 0.296 e. The Balaban J connectivity index is 2.33. The number of phenols is 1. The molecule has 0 aromatic heterocycles. The minimum Gasteiger partial charge on any atom is -0.505 e. The number of carbonyl (C=O) groups is 1. The molecule has 0 heterocycles. The second-order valence-corrected chi connectivity index (χ2v) is 10.6. The Bertz CT molecular complexity index is 1620. The summed E-state index contributed by atoms with van der Waals surface area (Å²) in [5.74, 6) is -1.26. The van der Waals surface area contributed by atoms with Crippen molar-refractivity contribution in [2.24, 2.45) is 10.2 Å². The maximum Gasteiger partial charge on any atom is 0.296 e. The number of nitrogens with one attached hydrogen (secondary N) is 1. The highest BCUT2D eigenvalue weighted by Crippen LogP contribution is 2.47. The van der Waals surface area contributed by atoms with Gasteiger partial charge in [-0.15, -0.1) is 14.6 Å². The van der Waals surface area contributed by atoms with Crippen LogP contribution in [0.25, 0.3) is 10.8 Å². The summed E-state index contributed by atoms with van der Waals surface area (Å²) in [6, 6.07) is 6.51. The molecule has 1 amide bonds. The number of methoxy groups -OCH3 is 1. The van der Waals surface area contributed by atoms with Crippen molar-refractivity contribution < 1.29 is 55.2 Å². The molecule has 0 saturated heterocycles. The second kappa shape index (κ2) is 10.9. The van der Waals surface area contributed by atoms with Gasteiger partial charge in [0.1, 0.15) is 22.0 Å². The van der Waals surface area contributed by atoms with Gasteiger partial charge in [-0.05, 0) is 35.7 Å². The number of benzene rings is 3. The maximum absolute atomic E-state index is 11.8. The van der Waals surface area contributed by atoms with Gasteiger partial charge in [-0.2, -0.15) is 16.8 Å². The van der Waals surface area contributed by atoms with Crippen molar-refractivity contribution in [1.29, 1.82) is 0 Å². The van der Waals surface area contributed by atoms with E-state index in [0.29, 0.717) is 0 Å². The molecule has 0 bridgehead atoms. The van der Waals surface area contributed by atoms with Crippen molar-refractivity contribution >= 4 is 66.0 Å². The Labute approximate surface area is 213 Å². The van der Waals surface area contributed by atoms with E-state index < -0.39 is 47.4 Å². The Kier molecular flexibility index (Phi) is 8.35. The van der Waals surface area contributed by atoms with Gasteiger partial charge in [-0.3, -0.25) is 13.9 Å². The molecule has 3 aromatic rings. The Morgan fingerprint density at radius 2 is 1.73 bits per heavy atom. The van der Waals surface area contributed by atoms with Gasteiger partial charge in [-0.1, -0.05) is 5.04 Å². The zero-order chi connectivity index (χ0) is 27.5. The van der Waals surface area contributed by atoms with Gasteiger partial charge >= 0.3 is 0 Å². The fraction of sp³-hybridized carbons (Fsp3) is 0.105. The van der Waals surface area contributed by atoms with E-state index in [4.69, 9.17) is 9.99 Å². The predicted molar refractivity (Wildman–Crippen MR) is 127 cm³/mol. The van der Waals surface area contributed by atoms with E-state index in [-0.39, 0.29) is 44.8 Å². The lowest BCUT2D eigenvalue weighted by atomic mass is 10.1. The first-order chi connectivity index (χ1) is 17.3. The van der Waals surface area contributed by atoms with Crippen molar-refractivity contribution in [3.8, 4) is 11.5 Å². The largest absolute Gasteiger partial charge is 0.505 e. The maximum atomic E-state index is 11.8. The van der Waals surface area contributed by atoms with Crippen LogP contribution in [-0.2, 0) is 34.4 Å². The zero-order valence-electron chi connectivity index (χ0n) is 18.6. The third kappa shape index (κ3) is 6.50. The van der Waals surface area contributed by atoms with Crippen LogP contribution in [0.4, 0.5) is 17.1 Å². The second-order valence-electron chi connectivity index (χ2n) is 7.03. The summed E-state index contributed by atoms with van der Waals surface area (Å²) in [7, 11) is -8.26. The molecule has 0 unspecified atom stereocenters. The number of nitrogens with zero attached hydrogens (tertiary/aromatic N) is 2. The molecule has 18 heteroatoms. The highest BCUT2D eigenvalue weighted by atomic mass is 32.2. The molecule has 0 fully saturated rings. The summed E-state index contributed by atoms with van der Waals surface area (Å²) in [6.07, 6.45) is 0. The number of hydrogen-bond acceptors (Lipinski definition) is 13. The van der Waals surface area contributed by atoms with Gasteiger partial charge in [0.25, 0.3) is 20.2 Å². The SMILES string of the molecule is COc1ccc(N=Nc2c(SOOO)cc3cc(S(=O)(=O)O)cc(NC(C)=O)c3c2O)c(S(=O)(=O)O)c1. The Morgan fingerprint density at radius 3 is 2.30 bits per heavy atom. The molecule has 15 nitrogen and oxygen atoms in total. The molecule has 198 valence electrons. The van der Waals surface area contributed by atoms with Crippen LogP contribution >= 0.6 is 12.0 Å². The highest BCUT2D eigenvalue weighted by molar-refractivity contribution is 7.94. The number of carbonyl (C=O) groups excluding carboxylic acids is 1. The number of rotatable bonds is 9. The fourth-order valence-corrected chi connectivity index (χ4v) is 4.80. The number of fused-ring (bicyclic) bond motifs is 1. The van der Waals surface area contributed by atoms with Crippen LogP contribution in [-0.4, -0.2) is 49.3 Å². The van der Waals surface area contributed by atoms with E-state index in [1.807, 2.05) is 0 Å². The third-order valence-electron chi connectivity index (χ3n) is 4.59. The molecule has 0 aliphatic carbocycles. The van der Waals surface area contributed by atoms with E-state index in [1.54, 1.807) is 0 Å². The molecule has 0 atom stereocenters. The molecule has 5 N–H and O–H groups in total. The predicted octanol–water partition coefficient (Wildman–Crippen LogP) is 3.85. The Hall–Kier alpha value is -3.36. The van der Waals surface area contributed by atoms with E-state index in [0.717, 1.165) is 31.2 Å². The van der Waals surface area contributed by atoms with Gasteiger partial charge in [0.2, 0.25) is 5.91 Å². The normalized spacial score (nSPS) is 12.2. The average Bonchev–Trinajstić information content (AvgIpc) is 2.80. The molecule has 0 aliphatic rings. The molecular weight excluding hydrogens is 558 g/mol. The highest BCUT2D eigenvalue weighted by Gasteiger charge is 2.22. The molecule has 0 spiro atoms. The van der Waals surface area contributed by atoms with Gasteiger partial charge < -0.3 is 15.2 Å². The average molecular weight is 576 g/mol. The molecule has 3 aromatic carbocycles. The lowest BCUT2D eigenvalue weighted by Crippen LogP contribution is -2.08. The van der Waals surface area contributed by atoms with Crippen LogP contribution in [0.1, 0.15) is 6.92 Å². The fourth-order valence-electron chi connectivity index (χ4n) is 3.12. The van der Waals surface area contributed by atoms with Crippen molar-refractivity contribution in [3.05, 3.63) is 36.4 Å². The topological polar surface area (TPSA) is 231 Å². The van der Waals surface area contributed by atoms with Crippen molar-refractivity contribution in [2.45, 2.75) is 21.6 Å². The lowest BCUT2D eigenvalue weighted by molar-refractivity contribution is -0.432. The third-order valence-corrected chi connectivity index (χ3v) is 6.92. The van der Waals surface area contributed by atoms with Crippen molar-refractivity contribution in [3.63, 3.8) is 0 Å². The van der Waals surface area contributed by atoms with Gasteiger partial charge in [0, 0.05) is 18.4 Å². The van der Waals surface area contributed by atoms with Crippen molar-refractivity contribution in [1.82, 2.24) is 0 Å². The number of hydrogen-bond donors (Lipinski definition) is 5. The number of amides is 1. The Morgan fingerprint density at radius 1 is 1.03 bits per heavy atom. The number of anilines is 1. The van der Waals surface area contributed by atoms with Crippen LogP contribution in [0.15, 0.2) is 61.3 Å². The van der Waals surface area contributed by atoms with Gasteiger partial charge in [-0.25, -0.2) is 5.26 Å². The van der Waals surface area contributed by atoms with Gasteiger partial charge in [0.05, 0.1) is 34.6 Å². The van der Waals surface area contributed by atoms with E-state index >= 15 is 0 Å². The summed E-state index contributed by atoms with van der Waals surface area (Å²) in [6.45, 7) is 1.11. The summed E-state index contributed by atoms with van der Waals surface area (Å²) < 4.78 is 75.4. The van der Waals surface area contributed by atoms with Crippen LogP contribution in [0, 0.1) is 0 Å². The molecule has 37 heavy (non-hydrogen) atoms. The van der Waals surface area contributed by atoms with Crippen LogP contribution in [0.5, 0.6) is 11.5 Å². The zero-order valence-corrected chi connectivity index (χ0v) is 21.1. The van der Waals surface area contributed by atoms with E-state index in [9.17, 15) is 35.8 Å². The van der Waals surface area contributed by atoms with E-state index in [1.165, 1.54) is 19.2 Å². The molecule has 0 aliphatic heterocycles. The first kappa shape index (κ1) is 28.2. The number of aromatic hydroxyl groups is 1. The van der Waals surface area contributed by atoms with Crippen LogP contribution in [0.2, 0.25) is 0 Å². The lowest BCUT2D eigenvalue weighted by Gasteiger charge is -2.14. The van der Waals surface area contributed by atoms with E-state index in [2.05, 4.69) is 24.9 Å². The monoisotopic (exact) mass is 575 g/mol. The first-order valence-corrected chi connectivity index (χ1v) is 13.2. The first-order valence-electron chi connectivity index (χ1n) is 9.57. The standard InChI is InChI=1S/C19H17N3O12S3/c1-9(23)20-14-8-12(36(26,27)28)5-10-6-15(35-34-33-25)18(19(24)17(10)14)22-21-13-4-3-11(32-2)7-16(13)37(29,30)31/h3-8,24-25H,1-2H3,(H,20,23)(H,26,27,28)(H,29,30,31). The minimum atomic E-state index is -4.79. The number of ether oxygens (including phenoxy) is 1. The summed E-state index contributed by atoms with van der Waals surface area (Å²) in [5.41, 5.74) is -0.995.